The van der Waals surface area contributed by atoms with Crippen molar-refractivity contribution in [3.63, 3.8) is 0 Å². The summed E-state index contributed by atoms with van der Waals surface area (Å²) in [6.45, 7) is 3.67. The fourth-order valence-electron chi connectivity index (χ4n) is 2.78. The summed E-state index contributed by atoms with van der Waals surface area (Å²) in [5.74, 6) is 1.12. The quantitative estimate of drug-likeness (QED) is 0.752. The molecular formula is C20H26FNO3. The zero-order valence-corrected chi connectivity index (χ0v) is 15.0. The van der Waals surface area contributed by atoms with Crippen molar-refractivity contribution in [3.05, 3.63) is 59.4 Å². The maximum Gasteiger partial charge on any atom is 0.165 e. The molecule has 0 aliphatic heterocycles. The van der Waals surface area contributed by atoms with Crippen LogP contribution < -0.4 is 9.47 Å². The molecule has 0 saturated carbocycles. The number of nitrogens with zero attached hydrogens (tertiary/aromatic N) is 1. The van der Waals surface area contributed by atoms with E-state index in [1.165, 1.54) is 12.1 Å². The van der Waals surface area contributed by atoms with Crippen LogP contribution in [0.25, 0.3) is 0 Å². The number of benzene rings is 2. The van der Waals surface area contributed by atoms with Crippen molar-refractivity contribution >= 4 is 0 Å². The van der Waals surface area contributed by atoms with Gasteiger partial charge in [0.05, 0.1) is 20.3 Å². The number of para-hydroxylation sites is 1. The molecule has 2 aromatic carbocycles. The average molecular weight is 347 g/mol. The van der Waals surface area contributed by atoms with Gasteiger partial charge in [0.15, 0.2) is 11.5 Å². The molecule has 0 spiro atoms. The maximum absolute atomic E-state index is 13.1. The van der Waals surface area contributed by atoms with Gasteiger partial charge in [-0.25, -0.2) is 4.39 Å². The minimum atomic E-state index is -0.419. The first kappa shape index (κ1) is 19.2. The lowest BCUT2D eigenvalue weighted by atomic mass is 10.1. The van der Waals surface area contributed by atoms with Gasteiger partial charge in [0.25, 0.3) is 0 Å². The monoisotopic (exact) mass is 347 g/mol. The van der Waals surface area contributed by atoms with Crippen LogP contribution in [0, 0.1) is 5.82 Å². The van der Waals surface area contributed by atoms with Crippen molar-refractivity contribution in [2.24, 2.45) is 0 Å². The topological polar surface area (TPSA) is 41.9 Å². The number of methoxy groups -OCH3 is 2. The molecule has 4 nitrogen and oxygen atoms in total. The van der Waals surface area contributed by atoms with Crippen molar-refractivity contribution in [2.45, 2.75) is 32.5 Å². The highest BCUT2D eigenvalue weighted by molar-refractivity contribution is 5.46. The van der Waals surface area contributed by atoms with Crippen LogP contribution in [0.15, 0.2) is 42.5 Å². The van der Waals surface area contributed by atoms with E-state index < -0.39 is 6.10 Å². The summed E-state index contributed by atoms with van der Waals surface area (Å²) < 4.78 is 24.0. The van der Waals surface area contributed by atoms with Gasteiger partial charge in [-0.05, 0) is 30.2 Å². The van der Waals surface area contributed by atoms with E-state index in [9.17, 15) is 9.50 Å². The van der Waals surface area contributed by atoms with Crippen LogP contribution in [-0.4, -0.2) is 36.9 Å². The molecule has 2 rings (SSSR count). The van der Waals surface area contributed by atoms with Crippen LogP contribution in [0.4, 0.5) is 4.39 Å². The van der Waals surface area contributed by atoms with Gasteiger partial charge >= 0.3 is 0 Å². The van der Waals surface area contributed by atoms with E-state index in [4.69, 9.17) is 9.47 Å². The van der Waals surface area contributed by atoms with Gasteiger partial charge in [-0.1, -0.05) is 31.2 Å². The zero-order chi connectivity index (χ0) is 18.2. The number of aliphatic hydroxyl groups is 1. The summed E-state index contributed by atoms with van der Waals surface area (Å²) >= 11 is 0. The Hall–Kier alpha value is -2.11. The highest BCUT2D eigenvalue weighted by atomic mass is 19.1. The highest BCUT2D eigenvalue weighted by Crippen LogP contribution is 2.31. The van der Waals surface area contributed by atoms with Crippen molar-refractivity contribution < 1.29 is 19.0 Å². The Balaban J connectivity index is 2.22. The summed E-state index contributed by atoms with van der Waals surface area (Å²) in [5, 5.41) is 10.1. The lowest BCUT2D eigenvalue weighted by molar-refractivity contribution is 0.101. The molecule has 5 heteroatoms. The lowest BCUT2D eigenvalue weighted by Crippen LogP contribution is -2.31. The van der Waals surface area contributed by atoms with Crippen molar-refractivity contribution in [1.82, 2.24) is 4.90 Å². The molecule has 0 saturated heterocycles. The fraction of sp³-hybridized carbons (Fsp3) is 0.400. The Morgan fingerprint density at radius 1 is 1.04 bits per heavy atom. The standard InChI is InChI=1S/C20H26FNO3/c1-4-18(23)14-22(12-15-8-10-17(21)11-9-15)13-16-6-5-7-19(24-2)20(16)25-3/h5-11,18,23H,4,12-14H2,1-3H3/t18-/m0/s1. The molecule has 2 aromatic rings. The van der Waals surface area contributed by atoms with Gasteiger partial charge in [-0.2, -0.15) is 0 Å². The Bertz CT molecular complexity index is 660. The van der Waals surface area contributed by atoms with E-state index in [1.807, 2.05) is 25.1 Å². The van der Waals surface area contributed by atoms with Crippen molar-refractivity contribution in [2.75, 3.05) is 20.8 Å². The van der Waals surface area contributed by atoms with Gasteiger partial charge in [0.1, 0.15) is 5.82 Å². The Morgan fingerprint density at radius 3 is 2.36 bits per heavy atom. The molecule has 136 valence electrons. The van der Waals surface area contributed by atoms with Gasteiger partial charge in [-0.3, -0.25) is 4.90 Å². The highest BCUT2D eigenvalue weighted by Gasteiger charge is 2.16. The van der Waals surface area contributed by atoms with E-state index in [2.05, 4.69) is 4.90 Å². The number of rotatable bonds is 9. The molecule has 1 N–H and O–H groups in total. The first-order chi connectivity index (χ1) is 12.1. The van der Waals surface area contributed by atoms with Crippen LogP contribution >= 0.6 is 0 Å². The Morgan fingerprint density at radius 2 is 1.76 bits per heavy atom. The van der Waals surface area contributed by atoms with Crippen molar-refractivity contribution in [1.29, 1.82) is 0 Å². The van der Waals surface area contributed by atoms with Gasteiger partial charge < -0.3 is 14.6 Å². The first-order valence-corrected chi connectivity index (χ1v) is 8.42. The molecule has 0 aromatic heterocycles. The molecule has 0 radical (unpaired) electrons. The van der Waals surface area contributed by atoms with E-state index in [0.29, 0.717) is 37.6 Å². The molecule has 0 bridgehead atoms. The summed E-state index contributed by atoms with van der Waals surface area (Å²) in [5.41, 5.74) is 1.97. The summed E-state index contributed by atoms with van der Waals surface area (Å²) in [4.78, 5) is 2.12. The van der Waals surface area contributed by atoms with Crippen LogP contribution in [0.1, 0.15) is 24.5 Å². The fourth-order valence-corrected chi connectivity index (χ4v) is 2.78. The Labute approximate surface area is 148 Å². The average Bonchev–Trinajstić information content (AvgIpc) is 2.63. The minimum Gasteiger partial charge on any atom is -0.493 e. The third kappa shape index (κ3) is 5.44. The lowest BCUT2D eigenvalue weighted by Gasteiger charge is -2.26. The number of hydrogen-bond donors (Lipinski definition) is 1. The summed E-state index contributed by atoms with van der Waals surface area (Å²) in [6, 6.07) is 12.2. The van der Waals surface area contributed by atoms with Gasteiger partial charge in [0, 0.05) is 25.2 Å². The number of halogens is 1. The molecule has 0 fully saturated rings. The molecule has 0 aliphatic rings. The molecule has 1 atom stereocenters. The van der Waals surface area contributed by atoms with E-state index in [-0.39, 0.29) is 5.82 Å². The minimum absolute atomic E-state index is 0.252. The van der Waals surface area contributed by atoms with E-state index in [1.54, 1.807) is 26.4 Å². The van der Waals surface area contributed by atoms with Crippen LogP contribution in [-0.2, 0) is 13.1 Å². The van der Waals surface area contributed by atoms with Crippen LogP contribution in [0.3, 0.4) is 0 Å². The number of ether oxygens (including phenoxy) is 2. The molecule has 0 aliphatic carbocycles. The summed E-state index contributed by atoms with van der Waals surface area (Å²) in [7, 11) is 3.23. The third-order valence-corrected chi connectivity index (χ3v) is 4.14. The van der Waals surface area contributed by atoms with Crippen molar-refractivity contribution in [3.8, 4) is 11.5 Å². The molecule has 0 unspecified atom stereocenters. The molecular weight excluding hydrogens is 321 g/mol. The SMILES string of the molecule is CC[C@H](O)CN(Cc1ccc(F)cc1)Cc1cccc(OC)c1OC. The van der Waals surface area contributed by atoms with Gasteiger partial charge in [-0.15, -0.1) is 0 Å². The van der Waals surface area contributed by atoms with E-state index >= 15 is 0 Å². The second-order valence-electron chi connectivity index (χ2n) is 6.01. The van der Waals surface area contributed by atoms with Crippen LogP contribution in [0.5, 0.6) is 11.5 Å². The van der Waals surface area contributed by atoms with Gasteiger partial charge in [0.2, 0.25) is 0 Å². The third-order valence-electron chi connectivity index (χ3n) is 4.14. The smallest absolute Gasteiger partial charge is 0.165 e. The molecule has 0 amide bonds. The summed E-state index contributed by atoms with van der Waals surface area (Å²) in [6.07, 6.45) is 0.256. The number of hydrogen-bond acceptors (Lipinski definition) is 4. The zero-order valence-electron chi connectivity index (χ0n) is 15.0. The predicted molar refractivity (Wildman–Crippen MR) is 96.4 cm³/mol. The first-order valence-electron chi connectivity index (χ1n) is 8.42. The Kier molecular flexibility index (Phi) is 7.22. The van der Waals surface area contributed by atoms with Crippen LogP contribution in [0.2, 0.25) is 0 Å². The largest absolute Gasteiger partial charge is 0.493 e. The second kappa shape index (κ2) is 9.39. The normalized spacial score (nSPS) is 12.2. The molecule has 0 heterocycles. The number of aliphatic hydroxyl groups excluding tert-OH is 1. The van der Waals surface area contributed by atoms with E-state index in [0.717, 1.165) is 11.1 Å². The predicted octanol–water partition coefficient (Wildman–Crippen LogP) is 3.62. The maximum atomic E-state index is 13.1. The molecule has 25 heavy (non-hydrogen) atoms. The second-order valence-corrected chi connectivity index (χ2v) is 6.01.